The van der Waals surface area contributed by atoms with Crippen molar-refractivity contribution < 1.29 is 50.9 Å². The normalized spacial score (nSPS) is 12.9. The van der Waals surface area contributed by atoms with Crippen LogP contribution in [0.2, 0.25) is 5.02 Å². The van der Waals surface area contributed by atoms with E-state index in [4.69, 9.17) is 34.4 Å². The molecule has 246 valence electrons. The zero-order valence-corrected chi connectivity index (χ0v) is 26.6. The van der Waals surface area contributed by atoms with Crippen LogP contribution < -0.4 is 5.32 Å². The Balaban J connectivity index is 1.66. The summed E-state index contributed by atoms with van der Waals surface area (Å²) in [6.45, 7) is 2.44. The first-order valence-electron chi connectivity index (χ1n) is 14.0. The summed E-state index contributed by atoms with van der Waals surface area (Å²) in [5.41, 5.74) is 0.838. The smallest absolute Gasteiger partial charge is 0.447 e. The summed E-state index contributed by atoms with van der Waals surface area (Å²) in [4.78, 5) is 27.0. The third-order valence-corrected chi connectivity index (χ3v) is 8.42. The highest BCUT2D eigenvalue weighted by Gasteiger charge is 2.30. The van der Waals surface area contributed by atoms with Crippen LogP contribution in [0.3, 0.4) is 0 Å². The molecule has 45 heavy (non-hydrogen) atoms. The molecule has 0 aliphatic rings. The number of nitrogens with zero attached hydrogens (tertiary/aromatic N) is 2. The Kier molecular flexibility index (Phi) is 13.9. The topological polar surface area (TPSA) is 150 Å². The number of halogens is 3. The Bertz CT molecular complexity index is 1470. The monoisotopic (exact) mass is 673 g/mol. The molecule has 0 fully saturated rings. The lowest BCUT2D eigenvalue weighted by Gasteiger charge is -2.30. The van der Waals surface area contributed by atoms with Gasteiger partial charge in [-0.15, -0.1) is 0 Å². The number of benzene rings is 2. The van der Waals surface area contributed by atoms with Crippen LogP contribution in [0, 0.1) is 11.6 Å². The van der Waals surface area contributed by atoms with Gasteiger partial charge in [-0.2, -0.15) is 0 Å². The number of carbonyl (C=O) groups excluding carboxylic acids is 2. The zero-order valence-electron chi connectivity index (χ0n) is 24.9. The molecule has 12 nitrogen and oxygen atoms in total. The summed E-state index contributed by atoms with van der Waals surface area (Å²) in [6, 6.07) is 10.4. The van der Waals surface area contributed by atoms with Gasteiger partial charge in [0, 0.05) is 25.1 Å². The van der Waals surface area contributed by atoms with E-state index < -0.39 is 50.2 Å². The second kappa shape index (κ2) is 17.3. The number of carbonyl (C=O) groups is 2. The van der Waals surface area contributed by atoms with Gasteiger partial charge in [0.1, 0.15) is 18.2 Å². The molecular formula is C29H35ClF2N3O9P. The van der Waals surface area contributed by atoms with Crippen molar-refractivity contribution in [2.24, 2.45) is 0 Å². The second-order valence-electron chi connectivity index (χ2n) is 9.65. The summed E-state index contributed by atoms with van der Waals surface area (Å²) < 4.78 is 65.9. The molecular weight excluding hydrogens is 639 g/mol. The van der Waals surface area contributed by atoms with Crippen LogP contribution in [0.4, 0.5) is 19.4 Å². The third-order valence-electron chi connectivity index (χ3n) is 6.38. The highest BCUT2D eigenvalue weighted by Crippen LogP contribution is 2.49. The van der Waals surface area contributed by atoms with Crippen molar-refractivity contribution in [2.45, 2.75) is 45.3 Å². The van der Waals surface area contributed by atoms with Crippen LogP contribution in [0.5, 0.6) is 0 Å². The standard InChI is InChI=1S/C29H35ClF2N3O9P/c1-4-41-45(39,42-5-2)43-18-23(36)15-22(35(3)27(37)13-12-19-8-7-11-24(32)28(19)30)17-40-29(38)33-26-16-25(44-34-26)20-9-6-10-21(31)14-20/h6-11,14,16,22-23,36H,4-5,12-13,15,17-18H2,1-3H3,(H,33,34,38)/t22-,23+/m0/s1. The van der Waals surface area contributed by atoms with Crippen LogP contribution in [0.15, 0.2) is 53.1 Å². The quantitative estimate of drug-likeness (QED) is 0.158. The van der Waals surface area contributed by atoms with Gasteiger partial charge in [0.15, 0.2) is 11.6 Å². The first-order chi connectivity index (χ1) is 21.4. The van der Waals surface area contributed by atoms with E-state index in [9.17, 15) is 28.0 Å². The second-order valence-corrected chi connectivity index (χ2v) is 11.7. The molecule has 16 heteroatoms. The van der Waals surface area contributed by atoms with Gasteiger partial charge in [0.25, 0.3) is 0 Å². The first kappa shape index (κ1) is 36.1. The largest absolute Gasteiger partial charge is 0.474 e. The van der Waals surface area contributed by atoms with Crippen molar-refractivity contribution >= 4 is 37.2 Å². The predicted octanol–water partition coefficient (Wildman–Crippen LogP) is 6.23. The Morgan fingerprint density at radius 2 is 1.80 bits per heavy atom. The van der Waals surface area contributed by atoms with Gasteiger partial charge >= 0.3 is 13.9 Å². The van der Waals surface area contributed by atoms with Crippen molar-refractivity contribution in [3.63, 3.8) is 0 Å². The maximum atomic E-state index is 13.8. The molecule has 1 heterocycles. The van der Waals surface area contributed by atoms with E-state index in [1.165, 1.54) is 48.3 Å². The summed E-state index contributed by atoms with van der Waals surface area (Å²) in [7, 11) is -2.47. The number of hydrogen-bond acceptors (Lipinski definition) is 10. The van der Waals surface area contributed by atoms with E-state index in [0.29, 0.717) is 11.1 Å². The minimum Gasteiger partial charge on any atom is -0.447 e. The maximum absolute atomic E-state index is 13.8. The Hall–Kier alpha value is -3.39. The van der Waals surface area contributed by atoms with E-state index in [1.807, 2.05) is 0 Å². The van der Waals surface area contributed by atoms with Gasteiger partial charge in [-0.25, -0.2) is 18.1 Å². The summed E-state index contributed by atoms with van der Waals surface area (Å²) in [5, 5.41) is 16.7. The highest BCUT2D eigenvalue weighted by molar-refractivity contribution is 7.48. The van der Waals surface area contributed by atoms with E-state index in [1.54, 1.807) is 26.0 Å². The van der Waals surface area contributed by atoms with Crippen molar-refractivity contribution in [1.29, 1.82) is 0 Å². The Morgan fingerprint density at radius 1 is 1.09 bits per heavy atom. The first-order valence-corrected chi connectivity index (χ1v) is 15.8. The number of nitrogens with one attached hydrogen (secondary N) is 1. The number of likely N-dealkylation sites (N-methyl/N-ethyl adjacent to an activating group) is 1. The maximum Gasteiger partial charge on any atom is 0.474 e. The van der Waals surface area contributed by atoms with Crippen LogP contribution in [0.25, 0.3) is 11.3 Å². The number of aliphatic hydroxyl groups excluding tert-OH is 1. The number of ether oxygens (including phenoxy) is 1. The molecule has 0 spiro atoms. The molecule has 0 bridgehead atoms. The molecule has 0 radical (unpaired) electrons. The SMILES string of the molecule is CCOP(=O)(OCC)OC[C@H](O)C[C@@H](COC(=O)Nc1cc(-c2cccc(F)c2)on1)N(C)C(=O)CCc1cccc(F)c1Cl. The van der Waals surface area contributed by atoms with Crippen LogP contribution >= 0.6 is 19.4 Å². The molecule has 3 rings (SSSR count). The number of aliphatic hydroxyl groups is 1. The average Bonchev–Trinajstić information content (AvgIpc) is 3.47. The molecule has 0 aliphatic carbocycles. The van der Waals surface area contributed by atoms with Gasteiger partial charge in [0.2, 0.25) is 5.91 Å². The lowest BCUT2D eigenvalue weighted by Crippen LogP contribution is -2.43. The Labute approximate surface area is 264 Å². The van der Waals surface area contributed by atoms with Gasteiger partial charge in [-0.3, -0.25) is 23.7 Å². The van der Waals surface area contributed by atoms with Crippen LogP contribution in [-0.4, -0.2) is 72.8 Å². The third kappa shape index (κ3) is 11.2. The van der Waals surface area contributed by atoms with Crippen LogP contribution in [-0.2, 0) is 34.1 Å². The summed E-state index contributed by atoms with van der Waals surface area (Å²) >= 11 is 6.02. The molecule has 2 amide bonds. The average molecular weight is 674 g/mol. The number of amides is 2. The number of hydrogen-bond donors (Lipinski definition) is 2. The van der Waals surface area contributed by atoms with Crippen molar-refractivity contribution in [3.05, 3.63) is 70.8 Å². The zero-order chi connectivity index (χ0) is 33.0. The molecule has 0 aliphatic heterocycles. The molecule has 0 saturated heterocycles. The molecule has 0 unspecified atom stereocenters. The van der Waals surface area contributed by atoms with Gasteiger partial charge in [-0.1, -0.05) is 41.0 Å². The molecule has 2 atom stereocenters. The molecule has 0 saturated carbocycles. The predicted molar refractivity (Wildman–Crippen MR) is 161 cm³/mol. The highest BCUT2D eigenvalue weighted by atomic mass is 35.5. The number of rotatable bonds is 17. The molecule has 2 N–H and O–H groups in total. The van der Waals surface area contributed by atoms with Crippen molar-refractivity contribution in [2.75, 3.05) is 38.8 Å². The van der Waals surface area contributed by atoms with Gasteiger partial charge in [-0.05, 0) is 50.5 Å². The van der Waals surface area contributed by atoms with E-state index in [2.05, 4.69) is 10.5 Å². The van der Waals surface area contributed by atoms with E-state index >= 15 is 0 Å². The minimum absolute atomic E-state index is 0.0109. The van der Waals surface area contributed by atoms with Crippen molar-refractivity contribution in [3.8, 4) is 11.3 Å². The fraction of sp³-hybridized carbons (Fsp3) is 0.414. The van der Waals surface area contributed by atoms with E-state index in [-0.39, 0.29) is 55.7 Å². The Morgan fingerprint density at radius 3 is 2.49 bits per heavy atom. The molecule has 1 aromatic heterocycles. The van der Waals surface area contributed by atoms with Crippen LogP contribution in [0.1, 0.15) is 32.3 Å². The molecule has 3 aromatic rings. The number of phosphoric acid groups is 1. The number of anilines is 1. The van der Waals surface area contributed by atoms with E-state index in [0.717, 1.165) is 0 Å². The lowest BCUT2D eigenvalue weighted by molar-refractivity contribution is -0.133. The number of aromatic nitrogens is 1. The number of phosphoric ester groups is 1. The fourth-order valence-corrected chi connectivity index (χ4v) is 5.54. The summed E-state index contributed by atoms with van der Waals surface area (Å²) in [6.07, 6.45) is -2.34. The van der Waals surface area contributed by atoms with Gasteiger partial charge < -0.3 is 19.3 Å². The minimum atomic E-state index is -3.92. The lowest BCUT2D eigenvalue weighted by atomic mass is 10.1. The summed E-state index contributed by atoms with van der Waals surface area (Å²) in [5.74, 6) is -1.31. The van der Waals surface area contributed by atoms with Crippen molar-refractivity contribution in [1.82, 2.24) is 10.1 Å². The van der Waals surface area contributed by atoms with Gasteiger partial charge in [0.05, 0.1) is 37.0 Å². The molecule has 2 aromatic carbocycles. The number of aryl methyl sites for hydroxylation is 1. The fourth-order valence-electron chi connectivity index (χ4n) is 4.11.